The molecule has 112 valence electrons. The molecule has 0 radical (unpaired) electrons. The molecule has 0 amide bonds. The van der Waals surface area contributed by atoms with E-state index in [4.69, 9.17) is 11.6 Å². The summed E-state index contributed by atoms with van der Waals surface area (Å²) in [5.74, 6) is 0.248. The maximum Gasteiger partial charge on any atom is 0.172 e. The van der Waals surface area contributed by atoms with E-state index in [2.05, 4.69) is 31.0 Å². The van der Waals surface area contributed by atoms with Crippen molar-refractivity contribution in [3.63, 3.8) is 0 Å². The molecule has 4 heteroatoms. The van der Waals surface area contributed by atoms with Gasteiger partial charge in [-0.05, 0) is 56.1 Å². The van der Waals surface area contributed by atoms with E-state index in [-0.39, 0.29) is 5.78 Å². The first kappa shape index (κ1) is 16.2. The fourth-order valence-electron chi connectivity index (χ4n) is 2.24. The van der Waals surface area contributed by atoms with Crippen molar-refractivity contribution in [2.75, 3.05) is 13.6 Å². The van der Waals surface area contributed by atoms with E-state index in [9.17, 15) is 4.79 Å². The Morgan fingerprint density at radius 3 is 2.62 bits per heavy atom. The number of thiophene rings is 1. The molecule has 0 saturated heterocycles. The Balaban J connectivity index is 1.80. The monoisotopic (exact) mass is 321 g/mol. The van der Waals surface area contributed by atoms with Gasteiger partial charge >= 0.3 is 0 Å². The average molecular weight is 322 g/mol. The minimum Gasteiger partial charge on any atom is -0.300 e. The van der Waals surface area contributed by atoms with Gasteiger partial charge in [0.1, 0.15) is 0 Å². The summed E-state index contributed by atoms with van der Waals surface area (Å²) in [5.41, 5.74) is 1.24. The predicted octanol–water partition coefficient (Wildman–Crippen LogP) is 5.06. The topological polar surface area (TPSA) is 20.3 Å². The predicted molar refractivity (Wildman–Crippen MR) is 90.4 cm³/mol. The second kappa shape index (κ2) is 7.74. The maximum absolute atomic E-state index is 11.9. The molecule has 0 N–H and O–H groups in total. The van der Waals surface area contributed by atoms with E-state index < -0.39 is 0 Å². The smallest absolute Gasteiger partial charge is 0.172 e. The van der Waals surface area contributed by atoms with Gasteiger partial charge < -0.3 is 0 Å². The molecule has 2 aromatic rings. The third-order valence-corrected chi connectivity index (χ3v) is 4.89. The van der Waals surface area contributed by atoms with Crippen LogP contribution in [0.5, 0.6) is 0 Å². The molecule has 0 aliphatic carbocycles. The molecule has 0 saturated carbocycles. The number of carbonyl (C=O) groups excluding carboxylic acids is 1. The molecule has 1 unspecified atom stereocenters. The largest absolute Gasteiger partial charge is 0.300 e. The van der Waals surface area contributed by atoms with Gasteiger partial charge in [-0.15, -0.1) is 11.3 Å². The minimum atomic E-state index is 0.248. The van der Waals surface area contributed by atoms with Gasteiger partial charge in [0, 0.05) is 17.5 Å². The highest BCUT2D eigenvalue weighted by atomic mass is 35.5. The van der Waals surface area contributed by atoms with Crippen molar-refractivity contribution in [2.24, 2.45) is 0 Å². The quantitative estimate of drug-likeness (QED) is 0.664. The van der Waals surface area contributed by atoms with Gasteiger partial charge in [-0.1, -0.05) is 29.8 Å². The lowest BCUT2D eigenvalue weighted by Gasteiger charge is -2.25. The molecule has 2 nitrogen and oxygen atoms in total. The number of Topliss-reactive ketones (excluding diaryl/α,β-unsaturated/α-hetero) is 1. The number of hydrogen-bond acceptors (Lipinski definition) is 3. The highest BCUT2D eigenvalue weighted by Crippen LogP contribution is 2.21. The molecular weight excluding hydrogens is 302 g/mol. The first-order valence-electron chi connectivity index (χ1n) is 7.10. The summed E-state index contributed by atoms with van der Waals surface area (Å²) in [6.07, 6.45) is 1.49. The highest BCUT2D eigenvalue weighted by Gasteiger charge is 2.12. The van der Waals surface area contributed by atoms with Crippen molar-refractivity contribution in [2.45, 2.75) is 25.8 Å². The van der Waals surface area contributed by atoms with Crippen LogP contribution < -0.4 is 0 Å². The number of rotatable bonds is 7. The SMILES string of the molecule is CC(c1ccc(Cl)cc1)N(C)CCCC(=O)c1cccs1. The first-order valence-corrected chi connectivity index (χ1v) is 8.36. The lowest BCUT2D eigenvalue weighted by molar-refractivity contribution is 0.0978. The van der Waals surface area contributed by atoms with Crippen LogP contribution in [0.4, 0.5) is 0 Å². The molecule has 2 rings (SSSR count). The van der Waals surface area contributed by atoms with Crippen molar-refractivity contribution in [3.8, 4) is 0 Å². The summed E-state index contributed by atoms with van der Waals surface area (Å²) in [6.45, 7) is 3.07. The van der Waals surface area contributed by atoms with E-state index >= 15 is 0 Å². The summed E-state index contributed by atoms with van der Waals surface area (Å²) in [5, 5.41) is 2.71. The number of carbonyl (C=O) groups is 1. The van der Waals surface area contributed by atoms with E-state index in [1.54, 1.807) is 0 Å². The van der Waals surface area contributed by atoms with Gasteiger partial charge in [0.2, 0.25) is 0 Å². The lowest BCUT2D eigenvalue weighted by atomic mass is 10.1. The zero-order valence-corrected chi connectivity index (χ0v) is 14.0. The number of halogens is 1. The van der Waals surface area contributed by atoms with Gasteiger partial charge in [-0.3, -0.25) is 9.69 Å². The van der Waals surface area contributed by atoms with Crippen molar-refractivity contribution >= 4 is 28.7 Å². The molecule has 21 heavy (non-hydrogen) atoms. The third kappa shape index (κ3) is 4.67. The van der Waals surface area contributed by atoms with Crippen LogP contribution in [0.1, 0.15) is 41.0 Å². The zero-order valence-electron chi connectivity index (χ0n) is 12.4. The average Bonchev–Trinajstić information content (AvgIpc) is 3.01. The molecule has 1 heterocycles. The second-order valence-electron chi connectivity index (χ2n) is 5.21. The summed E-state index contributed by atoms with van der Waals surface area (Å²) in [4.78, 5) is 15.1. The standard InChI is InChI=1S/C17H20ClNOS/c1-13(14-7-9-15(18)10-8-14)19(2)11-3-5-16(20)17-6-4-12-21-17/h4,6-10,12-13H,3,5,11H2,1-2H3. The van der Waals surface area contributed by atoms with Crippen molar-refractivity contribution in [1.29, 1.82) is 0 Å². The van der Waals surface area contributed by atoms with Crippen molar-refractivity contribution in [1.82, 2.24) is 4.90 Å². The molecule has 0 aliphatic heterocycles. The molecule has 1 aromatic carbocycles. The summed E-state index contributed by atoms with van der Waals surface area (Å²) in [7, 11) is 2.09. The van der Waals surface area contributed by atoms with Crippen LogP contribution in [-0.4, -0.2) is 24.3 Å². The lowest BCUT2D eigenvalue weighted by Crippen LogP contribution is -2.24. The Morgan fingerprint density at radius 2 is 2.00 bits per heavy atom. The van der Waals surface area contributed by atoms with Gasteiger partial charge in [0.05, 0.1) is 4.88 Å². The van der Waals surface area contributed by atoms with Gasteiger partial charge in [0.15, 0.2) is 5.78 Å². The van der Waals surface area contributed by atoms with Crippen molar-refractivity contribution in [3.05, 3.63) is 57.2 Å². The maximum atomic E-state index is 11.9. The highest BCUT2D eigenvalue weighted by molar-refractivity contribution is 7.12. The molecule has 1 aromatic heterocycles. The van der Waals surface area contributed by atoms with Crippen LogP contribution in [0.3, 0.4) is 0 Å². The van der Waals surface area contributed by atoms with Gasteiger partial charge in [0.25, 0.3) is 0 Å². The molecule has 1 atom stereocenters. The number of ketones is 1. The van der Waals surface area contributed by atoms with Crippen LogP contribution in [-0.2, 0) is 0 Å². The summed E-state index contributed by atoms with van der Waals surface area (Å²) < 4.78 is 0. The third-order valence-electron chi connectivity index (χ3n) is 3.72. The Hall–Kier alpha value is -1.16. The van der Waals surface area contributed by atoms with Gasteiger partial charge in [-0.25, -0.2) is 0 Å². The number of hydrogen-bond donors (Lipinski definition) is 0. The van der Waals surface area contributed by atoms with Crippen LogP contribution in [0.2, 0.25) is 5.02 Å². The van der Waals surface area contributed by atoms with Crippen LogP contribution in [0.25, 0.3) is 0 Å². The fraction of sp³-hybridized carbons (Fsp3) is 0.353. The second-order valence-corrected chi connectivity index (χ2v) is 6.60. The van der Waals surface area contributed by atoms with E-state index in [0.717, 1.165) is 22.9 Å². The van der Waals surface area contributed by atoms with Crippen LogP contribution >= 0.6 is 22.9 Å². The Kier molecular flexibility index (Phi) is 5.97. The number of nitrogens with zero attached hydrogens (tertiary/aromatic N) is 1. The Labute approximate surface area is 135 Å². The summed E-state index contributed by atoms with van der Waals surface area (Å²) in [6, 6.07) is 12.1. The van der Waals surface area contributed by atoms with E-state index in [1.165, 1.54) is 16.9 Å². The molecule has 0 aliphatic rings. The van der Waals surface area contributed by atoms with E-state index in [1.807, 2.05) is 29.6 Å². The molecule has 0 bridgehead atoms. The van der Waals surface area contributed by atoms with Crippen molar-refractivity contribution < 1.29 is 4.79 Å². The fourth-order valence-corrected chi connectivity index (χ4v) is 3.06. The molecule has 0 spiro atoms. The number of benzene rings is 1. The Morgan fingerprint density at radius 1 is 1.29 bits per heavy atom. The zero-order chi connectivity index (χ0) is 15.2. The first-order chi connectivity index (χ1) is 10.1. The summed E-state index contributed by atoms with van der Waals surface area (Å²) >= 11 is 7.43. The van der Waals surface area contributed by atoms with Crippen LogP contribution in [0, 0.1) is 0 Å². The van der Waals surface area contributed by atoms with Gasteiger partial charge in [-0.2, -0.15) is 0 Å². The van der Waals surface area contributed by atoms with Crippen LogP contribution in [0.15, 0.2) is 41.8 Å². The normalized spacial score (nSPS) is 12.6. The Bertz CT molecular complexity index is 565. The minimum absolute atomic E-state index is 0.248. The molecular formula is C17H20ClNOS. The molecule has 0 fully saturated rings. The van der Waals surface area contributed by atoms with E-state index in [0.29, 0.717) is 12.5 Å².